The molecule has 0 spiro atoms. The Labute approximate surface area is 175 Å². The molecule has 1 atom stereocenters. The van der Waals surface area contributed by atoms with Gasteiger partial charge in [-0.05, 0) is 48.4 Å². The van der Waals surface area contributed by atoms with Crippen LogP contribution in [0.5, 0.6) is 17.2 Å². The fourth-order valence-electron chi connectivity index (χ4n) is 2.88. The summed E-state index contributed by atoms with van der Waals surface area (Å²) in [5.41, 5.74) is 2.35. The molecule has 2 amide bonds. The molecule has 5 N–H and O–H groups in total. The van der Waals surface area contributed by atoms with Crippen LogP contribution in [-0.2, 0) is 11.2 Å². The van der Waals surface area contributed by atoms with E-state index in [2.05, 4.69) is 12.2 Å². The number of carbonyl (C=O) groups excluding carboxylic acids is 2. The van der Waals surface area contributed by atoms with Gasteiger partial charge in [0.15, 0.2) is 11.5 Å². The molecule has 0 aliphatic rings. The lowest BCUT2D eigenvalue weighted by Gasteiger charge is -2.17. The summed E-state index contributed by atoms with van der Waals surface area (Å²) in [4.78, 5) is 24.5. The first-order chi connectivity index (χ1) is 14.4. The summed E-state index contributed by atoms with van der Waals surface area (Å²) in [5.74, 6) is -1.28. The van der Waals surface area contributed by atoms with Gasteiger partial charge < -0.3 is 20.3 Å². The van der Waals surface area contributed by atoms with E-state index >= 15 is 0 Å². The van der Waals surface area contributed by atoms with Crippen LogP contribution in [0.1, 0.15) is 48.5 Å². The highest BCUT2D eigenvalue weighted by Crippen LogP contribution is 2.25. The normalized spacial score (nSPS) is 11.5. The van der Waals surface area contributed by atoms with Crippen LogP contribution in [0.2, 0.25) is 0 Å². The Bertz CT molecular complexity index is 838. The number of hydrogen-bond donors (Lipinski definition) is 5. The molecule has 0 saturated heterocycles. The molecule has 0 heterocycles. The zero-order valence-corrected chi connectivity index (χ0v) is 16.9. The molecule has 0 unspecified atom stereocenters. The van der Waals surface area contributed by atoms with E-state index in [1.807, 2.05) is 0 Å². The number of carbonyl (C=O) groups is 2. The highest BCUT2D eigenvalue weighted by molar-refractivity contribution is 5.97. The third-order valence-electron chi connectivity index (χ3n) is 4.59. The van der Waals surface area contributed by atoms with Crippen molar-refractivity contribution in [2.24, 2.45) is 0 Å². The van der Waals surface area contributed by atoms with E-state index < -0.39 is 17.9 Å². The number of rotatable bonds is 11. The molecule has 162 valence electrons. The van der Waals surface area contributed by atoms with Crippen molar-refractivity contribution >= 4 is 11.8 Å². The van der Waals surface area contributed by atoms with E-state index in [1.165, 1.54) is 30.1 Å². The van der Waals surface area contributed by atoms with E-state index in [0.29, 0.717) is 23.5 Å². The molecular formula is C22H28N2O6. The number of ether oxygens (including phenoxy) is 1. The quantitative estimate of drug-likeness (QED) is 0.166. The third-order valence-corrected chi connectivity index (χ3v) is 4.59. The van der Waals surface area contributed by atoms with Gasteiger partial charge >= 0.3 is 0 Å². The maximum absolute atomic E-state index is 12.5. The second-order valence-electron chi connectivity index (χ2n) is 6.96. The summed E-state index contributed by atoms with van der Waals surface area (Å²) in [7, 11) is 0. The van der Waals surface area contributed by atoms with Gasteiger partial charge in [0.1, 0.15) is 11.8 Å². The number of unbranched alkanes of at least 4 members (excludes halogenated alkanes) is 3. The van der Waals surface area contributed by atoms with Gasteiger partial charge in [-0.3, -0.25) is 14.8 Å². The lowest BCUT2D eigenvalue weighted by atomic mass is 10.0. The maximum atomic E-state index is 12.5. The average Bonchev–Trinajstić information content (AvgIpc) is 2.75. The van der Waals surface area contributed by atoms with Gasteiger partial charge in [-0.1, -0.05) is 32.3 Å². The summed E-state index contributed by atoms with van der Waals surface area (Å²) >= 11 is 0. The van der Waals surface area contributed by atoms with Gasteiger partial charge in [-0.15, -0.1) is 0 Å². The number of hydroxylamine groups is 1. The smallest absolute Gasteiger partial charge is 0.266 e. The number of amides is 2. The molecule has 8 heteroatoms. The molecule has 0 saturated carbocycles. The van der Waals surface area contributed by atoms with Crippen molar-refractivity contribution in [2.45, 2.75) is 45.1 Å². The molecule has 0 fully saturated rings. The van der Waals surface area contributed by atoms with Crippen LogP contribution in [0.4, 0.5) is 0 Å². The number of phenols is 2. The van der Waals surface area contributed by atoms with Crippen LogP contribution in [0.3, 0.4) is 0 Å². The fraction of sp³-hybridized carbons (Fsp3) is 0.364. The van der Waals surface area contributed by atoms with Gasteiger partial charge in [0.25, 0.3) is 11.8 Å². The molecule has 0 bridgehead atoms. The zero-order chi connectivity index (χ0) is 21.9. The van der Waals surface area contributed by atoms with E-state index in [0.717, 1.165) is 19.3 Å². The number of benzene rings is 2. The first-order valence-electron chi connectivity index (χ1n) is 9.93. The molecular weight excluding hydrogens is 388 g/mol. The first-order valence-corrected chi connectivity index (χ1v) is 9.93. The molecule has 8 nitrogen and oxygen atoms in total. The van der Waals surface area contributed by atoms with Crippen LogP contribution in [0, 0.1) is 0 Å². The summed E-state index contributed by atoms with van der Waals surface area (Å²) in [6, 6.07) is 9.55. The Hall–Kier alpha value is -3.26. The lowest BCUT2D eigenvalue weighted by molar-refractivity contribution is -0.131. The van der Waals surface area contributed by atoms with Crippen LogP contribution >= 0.6 is 0 Å². The van der Waals surface area contributed by atoms with Crippen LogP contribution in [-0.4, -0.2) is 39.9 Å². The minimum absolute atomic E-state index is 0.00489. The Balaban J connectivity index is 1.97. The Morgan fingerprint density at radius 3 is 2.37 bits per heavy atom. The second kappa shape index (κ2) is 11.7. The van der Waals surface area contributed by atoms with Crippen molar-refractivity contribution in [1.29, 1.82) is 0 Å². The van der Waals surface area contributed by atoms with Crippen LogP contribution < -0.4 is 15.5 Å². The van der Waals surface area contributed by atoms with Gasteiger partial charge in [0, 0.05) is 12.0 Å². The molecule has 2 aromatic carbocycles. The molecule has 0 radical (unpaired) electrons. The predicted molar refractivity (Wildman–Crippen MR) is 111 cm³/mol. The molecule has 30 heavy (non-hydrogen) atoms. The highest BCUT2D eigenvalue weighted by atomic mass is 16.5. The number of nitrogens with one attached hydrogen (secondary N) is 2. The lowest BCUT2D eigenvalue weighted by Crippen LogP contribution is -2.47. The van der Waals surface area contributed by atoms with Crippen molar-refractivity contribution < 1.29 is 29.7 Å². The van der Waals surface area contributed by atoms with Crippen molar-refractivity contribution in [3.8, 4) is 17.2 Å². The molecule has 0 aliphatic heterocycles. The van der Waals surface area contributed by atoms with Crippen molar-refractivity contribution in [3.63, 3.8) is 0 Å². The van der Waals surface area contributed by atoms with Crippen molar-refractivity contribution in [1.82, 2.24) is 10.8 Å². The Morgan fingerprint density at radius 1 is 1.00 bits per heavy atom. The largest absolute Gasteiger partial charge is 0.504 e. The van der Waals surface area contributed by atoms with Crippen molar-refractivity contribution in [3.05, 3.63) is 53.6 Å². The monoisotopic (exact) mass is 416 g/mol. The van der Waals surface area contributed by atoms with E-state index in [4.69, 9.17) is 9.94 Å². The molecule has 2 aromatic rings. The van der Waals surface area contributed by atoms with Crippen LogP contribution in [0.15, 0.2) is 42.5 Å². The highest BCUT2D eigenvalue weighted by Gasteiger charge is 2.22. The summed E-state index contributed by atoms with van der Waals surface area (Å²) < 4.78 is 5.65. The van der Waals surface area contributed by atoms with E-state index in [1.54, 1.807) is 24.3 Å². The molecule has 0 aromatic heterocycles. The fourth-order valence-corrected chi connectivity index (χ4v) is 2.88. The zero-order valence-electron chi connectivity index (χ0n) is 16.9. The topological polar surface area (TPSA) is 128 Å². The number of aromatic hydroxyl groups is 2. The third kappa shape index (κ3) is 6.97. The Kier molecular flexibility index (Phi) is 8.96. The predicted octanol–water partition coefficient (Wildman–Crippen LogP) is 2.90. The minimum atomic E-state index is -1.08. The number of phenolic OH excluding ortho intramolecular Hbond substituents is 2. The number of hydrogen-bond acceptors (Lipinski definition) is 6. The summed E-state index contributed by atoms with van der Waals surface area (Å²) in [6.45, 7) is 2.76. The first kappa shape index (κ1) is 23.0. The molecule has 2 rings (SSSR count). The minimum Gasteiger partial charge on any atom is -0.504 e. The SMILES string of the molecule is CCCCCCOc1ccc(C(=O)N[C@@H](Cc2ccc(O)c(O)c2)C(=O)NO)cc1. The summed E-state index contributed by atoms with van der Waals surface area (Å²) in [6.07, 6.45) is 4.43. The molecule has 0 aliphatic carbocycles. The van der Waals surface area contributed by atoms with Crippen molar-refractivity contribution in [2.75, 3.05) is 6.61 Å². The second-order valence-corrected chi connectivity index (χ2v) is 6.96. The standard InChI is InChI=1S/C22H28N2O6/c1-2-3-4-5-12-30-17-9-7-16(8-10-17)21(27)23-18(22(28)24-29)13-15-6-11-19(25)20(26)14-15/h6-11,14,18,25-26,29H,2-5,12-13H2,1H3,(H,23,27)(H,24,28)/t18-/m0/s1. The van der Waals surface area contributed by atoms with E-state index in [-0.39, 0.29) is 17.9 Å². The van der Waals surface area contributed by atoms with Gasteiger partial charge in [-0.2, -0.15) is 0 Å². The van der Waals surface area contributed by atoms with Gasteiger partial charge in [0.2, 0.25) is 0 Å². The average molecular weight is 416 g/mol. The van der Waals surface area contributed by atoms with Gasteiger partial charge in [0.05, 0.1) is 6.61 Å². The van der Waals surface area contributed by atoms with E-state index in [9.17, 15) is 19.8 Å². The summed E-state index contributed by atoms with van der Waals surface area (Å²) in [5, 5.41) is 30.5. The van der Waals surface area contributed by atoms with Gasteiger partial charge in [-0.25, -0.2) is 5.48 Å². The van der Waals surface area contributed by atoms with Crippen LogP contribution in [0.25, 0.3) is 0 Å². The Morgan fingerprint density at radius 2 is 1.73 bits per heavy atom. The maximum Gasteiger partial charge on any atom is 0.266 e.